The number of carbonyl (C=O) groups is 2. The largest absolute Gasteiger partial charge is 0.457 e. The summed E-state index contributed by atoms with van der Waals surface area (Å²) in [7, 11) is 0. The molecule has 6 heteroatoms. The van der Waals surface area contributed by atoms with E-state index in [2.05, 4.69) is 11.6 Å². The molecule has 2 N–H and O–H groups in total. The number of ether oxygens (including phenoxy) is 1. The van der Waals surface area contributed by atoms with Crippen molar-refractivity contribution in [2.24, 2.45) is 4.99 Å². The van der Waals surface area contributed by atoms with Crippen LogP contribution in [0.3, 0.4) is 0 Å². The molecular weight excluding hydrogens is 212 g/mol. The SMILES string of the molecule is C=CC(=O)OC(CN=CNO)CC(=O)CC. The zero-order valence-corrected chi connectivity index (χ0v) is 9.18. The van der Waals surface area contributed by atoms with Crippen LogP contribution < -0.4 is 5.48 Å². The molecule has 0 saturated carbocycles. The molecule has 1 unspecified atom stereocenters. The van der Waals surface area contributed by atoms with Crippen LogP contribution in [0.1, 0.15) is 19.8 Å². The third-order valence-electron chi connectivity index (χ3n) is 1.76. The molecule has 16 heavy (non-hydrogen) atoms. The number of esters is 1. The summed E-state index contributed by atoms with van der Waals surface area (Å²) >= 11 is 0. The van der Waals surface area contributed by atoms with Gasteiger partial charge in [-0.2, -0.15) is 0 Å². The van der Waals surface area contributed by atoms with Gasteiger partial charge in [-0.1, -0.05) is 13.5 Å². The predicted molar refractivity (Wildman–Crippen MR) is 58.3 cm³/mol. The molecule has 6 nitrogen and oxygen atoms in total. The van der Waals surface area contributed by atoms with E-state index in [-0.39, 0.29) is 18.7 Å². The number of Topliss-reactive ketones (excluding diaryl/α,β-unsaturated/α-hetero) is 1. The topological polar surface area (TPSA) is 88.0 Å². The third kappa shape index (κ3) is 6.72. The highest BCUT2D eigenvalue weighted by atomic mass is 16.5. The lowest BCUT2D eigenvalue weighted by atomic mass is 10.1. The molecule has 90 valence electrons. The summed E-state index contributed by atoms with van der Waals surface area (Å²) in [6.45, 7) is 5.10. The van der Waals surface area contributed by atoms with Gasteiger partial charge in [0, 0.05) is 18.9 Å². The third-order valence-corrected chi connectivity index (χ3v) is 1.76. The molecule has 0 fully saturated rings. The highest BCUT2D eigenvalue weighted by Crippen LogP contribution is 2.03. The Morgan fingerprint density at radius 2 is 2.31 bits per heavy atom. The van der Waals surface area contributed by atoms with E-state index in [0.29, 0.717) is 6.42 Å². The summed E-state index contributed by atoms with van der Waals surface area (Å²) in [6.07, 6.45) is 1.94. The second kappa shape index (κ2) is 8.60. The highest BCUT2D eigenvalue weighted by molar-refractivity contribution is 5.82. The number of nitrogens with zero attached hydrogens (tertiary/aromatic N) is 1. The maximum absolute atomic E-state index is 11.2. The summed E-state index contributed by atoms with van der Waals surface area (Å²) < 4.78 is 4.92. The van der Waals surface area contributed by atoms with Gasteiger partial charge < -0.3 is 4.74 Å². The molecule has 0 rings (SSSR count). The first-order valence-electron chi connectivity index (χ1n) is 4.86. The van der Waals surface area contributed by atoms with Crippen LogP contribution in [0.4, 0.5) is 0 Å². The van der Waals surface area contributed by atoms with Gasteiger partial charge in [-0.3, -0.25) is 20.5 Å². The Hall–Kier alpha value is -1.69. The van der Waals surface area contributed by atoms with Crippen molar-refractivity contribution < 1.29 is 19.5 Å². The quantitative estimate of drug-likeness (QED) is 0.207. The van der Waals surface area contributed by atoms with Gasteiger partial charge in [0.05, 0.1) is 6.54 Å². The maximum Gasteiger partial charge on any atom is 0.330 e. The van der Waals surface area contributed by atoms with Crippen LogP contribution in [0.25, 0.3) is 0 Å². The highest BCUT2D eigenvalue weighted by Gasteiger charge is 2.15. The van der Waals surface area contributed by atoms with Gasteiger partial charge in [0.1, 0.15) is 18.2 Å². The molecule has 0 spiro atoms. The molecule has 0 aromatic carbocycles. The van der Waals surface area contributed by atoms with E-state index in [1.165, 1.54) is 0 Å². The van der Waals surface area contributed by atoms with Crippen molar-refractivity contribution >= 4 is 18.1 Å². The first kappa shape index (κ1) is 14.3. The smallest absolute Gasteiger partial charge is 0.330 e. The monoisotopic (exact) mass is 228 g/mol. The first-order valence-corrected chi connectivity index (χ1v) is 4.86. The standard InChI is InChI=1S/C10H16N2O4/c1-3-8(13)5-9(6-11-7-12-15)16-10(14)4-2/h4,7,9,15H,2-3,5-6H2,1H3,(H,11,12). The van der Waals surface area contributed by atoms with Crippen molar-refractivity contribution in [2.75, 3.05) is 6.54 Å². The molecule has 0 amide bonds. The molecule has 0 aliphatic carbocycles. The Kier molecular flexibility index (Phi) is 7.70. The van der Waals surface area contributed by atoms with E-state index in [1.807, 2.05) is 0 Å². The number of rotatable bonds is 8. The first-order chi connectivity index (χ1) is 7.63. The minimum absolute atomic E-state index is 0.0194. The van der Waals surface area contributed by atoms with Gasteiger partial charge in [-0.05, 0) is 0 Å². The van der Waals surface area contributed by atoms with Crippen molar-refractivity contribution in [1.29, 1.82) is 0 Å². The minimum atomic E-state index is -0.623. The second-order valence-electron chi connectivity index (χ2n) is 2.98. The van der Waals surface area contributed by atoms with Gasteiger partial charge in [-0.15, -0.1) is 0 Å². The number of nitrogens with one attached hydrogen (secondary N) is 1. The Balaban J connectivity index is 4.25. The molecule has 0 heterocycles. The van der Waals surface area contributed by atoms with Crippen molar-refractivity contribution in [3.8, 4) is 0 Å². The van der Waals surface area contributed by atoms with Crippen LogP contribution in [0.2, 0.25) is 0 Å². The predicted octanol–water partition coefficient (Wildman–Crippen LogP) is 0.460. The van der Waals surface area contributed by atoms with Crippen LogP contribution in [0.5, 0.6) is 0 Å². The van der Waals surface area contributed by atoms with Gasteiger partial charge >= 0.3 is 5.97 Å². The number of aliphatic imine (C=N–C) groups is 1. The van der Waals surface area contributed by atoms with Crippen molar-refractivity contribution in [2.45, 2.75) is 25.9 Å². The zero-order valence-electron chi connectivity index (χ0n) is 9.18. The molecule has 0 saturated heterocycles. The number of hydrogen-bond acceptors (Lipinski definition) is 5. The average Bonchev–Trinajstić information content (AvgIpc) is 2.28. The molecule has 0 bridgehead atoms. The Labute approximate surface area is 94.0 Å². The Morgan fingerprint density at radius 3 is 2.81 bits per heavy atom. The summed E-state index contributed by atoms with van der Waals surface area (Å²) in [4.78, 5) is 25.9. The summed E-state index contributed by atoms with van der Waals surface area (Å²) in [5.41, 5.74) is 1.72. The van der Waals surface area contributed by atoms with Crippen LogP contribution >= 0.6 is 0 Å². The van der Waals surface area contributed by atoms with E-state index in [1.54, 1.807) is 12.4 Å². The Morgan fingerprint density at radius 1 is 1.62 bits per heavy atom. The number of carbonyl (C=O) groups excluding carboxylic acids is 2. The van der Waals surface area contributed by atoms with Crippen molar-refractivity contribution in [3.05, 3.63) is 12.7 Å². The molecule has 0 radical (unpaired) electrons. The lowest BCUT2D eigenvalue weighted by Crippen LogP contribution is -2.24. The number of hydroxylamine groups is 1. The van der Waals surface area contributed by atoms with E-state index in [9.17, 15) is 9.59 Å². The van der Waals surface area contributed by atoms with Gasteiger partial charge in [0.25, 0.3) is 0 Å². The molecule has 1 atom stereocenters. The normalized spacial score (nSPS) is 12.1. The molecule has 0 aliphatic heterocycles. The summed E-state index contributed by atoms with van der Waals surface area (Å²) in [5.74, 6) is -0.616. The van der Waals surface area contributed by atoms with Gasteiger partial charge in [0.15, 0.2) is 0 Å². The van der Waals surface area contributed by atoms with E-state index in [4.69, 9.17) is 9.94 Å². The fraction of sp³-hybridized carbons (Fsp3) is 0.500. The lowest BCUT2D eigenvalue weighted by Gasteiger charge is -2.13. The Bertz CT molecular complexity index is 276. The van der Waals surface area contributed by atoms with Crippen LogP contribution in [-0.2, 0) is 14.3 Å². The van der Waals surface area contributed by atoms with Gasteiger partial charge in [-0.25, -0.2) is 4.79 Å². The van der Waals surface area contributed by atoms with Gasteiger partial charge in [0.2, 0.25) is 0 Å². The summed E-state index contributed by atoms with van der Waals surface area (Å²) in [6, 6.07) is 0. The van der Waals surface area contributed by atoms with Crippen LogP contribution in [0, 0.1) is 0 Å². The molecule has 0 aromatic rings. The molecule has 0 aliphatic rings. The number of hydrogen-bond donors (Lipinski definition) is 2. The van der Waals surface area contributed by atoms with Crippen molar-refractivity contribution in [1.82, 2.24) is 5.48 Å². The maximum atomic E-state index is 11.2. The zero-order chi connectivity index (χ0) is 12.4. The number of ketones is 1. The fourth-order valence-electron chi connectivity index (χ4n) is 0.965. The van der Waals surface area contributed by atoms with E-state index in [0.717, 1.165) is 12.4 Å². The van der Waals surface area contributed by atoms with Crippen LogP contribution in [0.15, 0.2) is 17.6 Å². The average molecular weight is 228 g/mol. The second-order valence-corrected chi connectivity index (χ2v) is 2.98. The summed E-state index contributed by atoms with van der Waals surface area (Å²) in [5, 5.41) is 8.25. The van der Waals surface area contributed by atoms with Crippen molar-refractivity contribution in [3.63, 3.8) is 0 Å². The molecule has 0 aromatic heterocycles. The fourth-order valence-corrected chi connectivity index (χ4v) is 0.965. The van der Waals surface area contributed by atoms with E-state index < -0.39 is 12.1 Å². The minimum Gasteiger partial charge on any atom is -0.457 e. The lowest BCUT2D eigenvalue weighted by molar-refractivity contribution is -0.143. The van der Waals surface area contributed by atoms with E-state index >= 15 is 0 Å². The van der Waals surface area contributed by atoms with Crippen LogP contribution in [-0.4, -0.2) is 35.9 Å². The molecular formula is C10H16N2O4.